The van der Waals surface area contributed by atoms with E-state index in [1.807, 2.05) is 53.4 Å². The highest BCUT2D eigenvalue weighted by molar-refractivity contribution is 5.80. The molecule has 2 aliphatic rings. The average molecular weight is 349 g/mol. The Labute approximate surface area is 153 Å². The van der Waals surface area contributed by atoms with Crippen molar-refractivity contribution in [1.82, 2.24) is 4.90 Å². The number of hydrogen-bond acceptors (Lipinski definition) is 3. The SMILES string of the molecule is O=C1CC[C@@H]2[C@@H](C1)C[C@H](c1ccccc1)N2C(=O)OCc1ccccc1. The minimum Gasteiger partial charge on any atom is -0.445 e. The molecule has 134 valence electrons. The van der Waals surface area contributed by atoms with Crippen LogP contribution in [0.2, 0.25) is 0 Å². The number of amides is 1. The molecule has 26 heavy (non-hydrogen) atoms. The second kappa shape index (κ2) is 7.32. The summed E-state index contributed by atoms with van der Waals surface area (Å²) in [5.74, 6) is 0.559. The number of nitrogens with zero attached hydrogens (tertiary/aromatic N) is 1. The van der Waals surface area contributed by atoms with Crippen LogP contribution in [0.5, 0.6) is 0 Å². The van der Waals surface area contributed by atoms with E-state index in [-0.39, 0.29) is 30.7 Å². The van der Waals surface area contributed by atoms with Crippen molar-refractivity contribution in [2.75, 3.05) is 0 Å². The maximum Gasteiger partial charge on any atom is 0.410 e. The van der Waals surface area contributed by atoms with E-state index in [4.69, 9.17) is 4.74 Å². The van der Waals surface area contributed by atoms with E-state index in [2.05, 4.69) is 12.1 Å². The van der Waals surface area contributed by atoms with Gasteiger partial charge in [-0.2, -0.15) is 0 Å². The molecule has 1 amide bonds. The number of rotatable bonds is 3. The third-order valence-corrected chi connectivity index (χ3v) is 5.57. The van der Waals surface area contributed by atoms with Crippen LogP contribution in [0, 0.1) is 5.92 Å². The van der Waals surface area contributed by atoms with Gasteiger partial charge in [0.2, 0.25) is 0 Å². The third kappa shape index (κ3) is 3.36. The first-order valence-corrected chi connectivity index (χ1v) is 9.28. The van der Waals surface area contributed by atoms with Gasteiger partial charge in [-0.05, 0) is 29.9 Å². The molecule has 0 bridgehead atoms. The van der Waals surface area contributed by atoms with Crippen LogP contribution in [-0.2, 0) is 16.1 Å². The van der Waals surface area contributed by atoms with Gasteiger partial charge in [0.05, 0.1) is 6.04 Å². The molecular formula is C22H23NO3. The summed E-state index contributed by atoms with van der Waals surface area (Å²) in [6.07, 6.45) is 2.44. The molecule has 2 aromatic carbocycles. The van der Waals surface area contributed by atoms with Gasteiger partial charge in [-0.1, -0.05) is 60.7 Å². The lowest BCUT2D eigenvalue weighted by Crippen LogP contribution is -2.41. The first-order valence-electron chi connectivity index (χ1n) is 9.28. The molecule has 4 rings (SSSR count). The Morgan fingerprint density at radius 2 is 1.73 bits per heavy atom. The van der Waals surface area contributed by atoms with Crippen LogP contribution in [0.15, 0.2) is 60.7 Å². The molecule has 0 aromatic heterocycles. The summed E-state index contributed by atoms with van der Waals surface area (Å²) in [6.45, 7) is 0.272. The summed E-state index contributed by atoms with van der Waals surface area (Å²) in [4.78, 5) is 26.8. The van der Waals surface area contributed by atoms with E-state index in [1.165, 1.54) is 0 Å². The molecule has 2 aromatic rings. The molecule has 0 unspecified atom stereocenters. The van der Waals surface area contributed by atoms with Crippen LogP contribution in [0.1, 0.15) is 42.9 Å². The summed E-state index contributed by atoms with van der Waals surface area (Å²) in [5, 5.41) is 0. The van der Waals surface area contributed by atoms with Gasteiger partial charge in [0, 0.05) is 18.9 Å². The topological polar surface area (TPSA) is 46.6 Å². The fourth-order valence-corrected chi connectivity index (χ4v) is 4.34. The van der Waals surface area contributed by atoms with Gasteiger partial charge in [-0.3, -0.25) is 9.69 Å². The van der Waals surface area contributed by atoms with Gasteiger partial charge in [0.25, 0.3) is 0 Å². The number of carbonyl (C=O) groups is 2. The van der Waals surface area contributed by atoms with Crippen LogP contribution in [0.3, 0.4) is 0 Å². The second-order valence-electron chi connectivity index (χ2n) is 7.22. The number of ketones is 1. The fraction of sp³-hybridized carbons (Fsp3) is 0.364. The quantitative estimate of drug-likeness (QED) is 0.819. The Bertz CT molecular complexity index is 774. The van der Waals surface area contributed by atoms with E-state index >= 15 is 0 Å². The monoisotopic (exact) mass is 349 g/mol. The Balaban J connectivity index is 1.55. The smallest absolute Gasteiger partial charge is 0.410 e. The highest BCUT2D eigenvalue weighted by Crippen LogP contribution is 2.45. The molecule has 4 heteroatoms. The molecular weight excluding hydrogens is 326 g/mol. The van der Waals surface area contributed by atoms with Crippen molar-refractivity contribution in [3.8, 4) is 0 Å². The van der Waals surface area contributed by atoms with Crippen LogP contribution < -0.4 is 0 Å². The average Bonchev–Trinajstić information content (AvgIpc) is 3.06. The Kier molecular flexibility index (Phi) is 4.74. The minimum atomic E-state index is -0.274. The lowest BCUT2D eigenvalue weighted by Gasteiger charge is -2.33. The highest BCUT2D eigenvalue weighted by atomic mass is 16.6. The number of benzene rings is 2. The predicted octanol–water partition coefficient (Wildman–Crippen LogP) is 4.51. The summed E-state index contributed by atoms with van der Waals surface area (Å²) in [7, 11) is 0. The van der Waals surface area contributed by atoms with Gasteiger partial charge in [0.15, 0.2) is 0 Å². The summed E-state index contributed by atoms with van der Waals surface area (Å²) in [6, 6.07) is 19.9. The Hall–Kier alpha value is -2.62. The summed E-state index contributed by atoms with van der Waals surface area (Å²) < 4.78 is 5.64. The zero-order chi connectivity index (χ0) is 17.9. The van der Waals surface area contributed by atoms with Crippen molar-refractivity contribution in [2.24, 2.45) is 5.92 Å². The number of fused-ring (bicyclic) bond motifs is 1. The molecule has 4 nitrogen and oxygen atoms in total. The summed E-state index contributed by atoms with van der Waals surface area (Å²) >= 11 is 0. The van der Waals surface area contributed by atoms with E-state index in [9.17, 15) is 9.59 Å². The first-order chi connectivity index (χ1) is 12.7. The van der Waals surface area contributed by atoms with E-state index < -0.39 is 0 Å². The van der Waals surface area contributed by atoms with E-state index in [1.54, 1.807) is 0 Å². The molecule has 1 saturated heterocycles. The number of hydrogen-bond donors (Lipinski definition) is 0. The molecule has 0 N–H and O–H groups in total. The third-order valence-electron chi connectivity index (χ3n) is 5.57. The normalized spacial score (nSPS) is 25.0. The molecule has 1 saturated carbocycles. The standard InChI is InChI=1S/C22H23NO3/c24-19-11-12-20-18(13-19)14-21(17-9-5-2-6-10-17)23(20)22(25)26-15-16-7-3-1-4-8-16/h1-10,18,20-21H,11-15H2/t18-,20+,21+/m0/s1. The van der Waals surface area contributed by atoms with Crippen LogP contribution >= 0.6 is 0 Å². The van der Waals surface area contributed by atoms with Gasteiger partial charge in [-0.15, -0.1) is 0 Å². The van der Waals surface area contributed by atoms with Crippen molar-refractivity contribution < 1.29 is 14.3 Å². The van der Waals surface area contributed by atoms with Crippen molar-refractivity contribution in [2.45, 2.75) is 44.4 Å². The molecule has 1 aliphatic heterocycles. The lowest BCUT2D eigenvalue weighted by molar-refractivity contribution is -0.122. The molecule has 0 radical (unpaired) electrons. The fourth-order valence-electron chi connectivity index (χ4n) is 4.34. The van der Waals surface area contributed by atoms with Gasteiger partial charge in [0.1, 0.15) is 12.4 Å². The molecule has 3 atom stereocenters. The predicted molar refractivity (Wildman–Crippen MR) is 98.4 cm³/mol. The number of Topliss-reactive ketones (excluding diaryl/α,β-unsaturated/α-hetero) is 1. The largest absolute Gasteiger partial charge is 0.445 e. The van der Waals surface area contributed by atoms with Crippen molar-refractivity contribution in [1.29, 1.82) is 0 Å². The highest BCUT2D eigenvalue weighted by Gasteiger charge is 2.47. The van der Waals surface area contributed by atoms with E-state index in [0.717, 1.165) is 24.0 Å². The Morgan fingerprint density at radius 3 is 2.46 bits per heavy atom. The van der Waals surface area contributed by atoms with Crippen molar-refractivity contribution in [3.05, 3.63) is 71.8 Å². The van der Waals surface area contributed by atoms with Gasteiger partial charge < -0.3 is 4.74 Å². The lowest BCUT2D eigenvalue weighted by atomic mass is 9.83. The maximum atomic E-state index is 13.0. The van der Waals surface area contributed by atoms with Crippen LogP contribution in [-0.4, -0.2) is 22.8 Å². The zero-order valence-corrected chi connectivity index (χ0v) is 14.7. The number of likely N-dealkylation sites (tertiary alicyclic amines) is 1. The van der Waals surface area contributed by atoms with E-state index in [0.29, 0.717) is 18.6 Å². The zero-order valence-electron chi connectivity index (χ0n) is 14.7. The van der Waals surface area contributed by atoms with Crippen molar-refractivity contribution in [3.63, 3.8) is 0 Å². The summed E-state index contributed by atoms with van der Waals surface area (Å²) in [5.41, 5.74) is 2.10. The minimum absolute atomic E-state index is 0.0135. The number of carbonyl (C=O) groups excluding carboxylic acids is 2. The van der Waals surface area contributed by atoms with Gasteiger partial charge in [-0.25, -0.2) is 4.79 Å². The maximum absolute atomic E-state index is 13.0. The van der Waals surface area contributed by atoms with Gasteiger partial charge >= 0.3 is 6.09 Å². The Morgan fingerprint density at radius 1 is 1.04 bits per heavy atom. The first kappa shape index (κ1) is 16.8. The molecule has 0 spiro atoms. The molecule has 1 aliphatic carbocycles. The van der Waals surface area contributed by atoms with Crippen LogP contribution in [0.25, 0.3) is 0 Å². The van der Waals surface area contributed by atoms with Crippen molar-refractivity contribution >= 4 is 11.9 Å². The van der Waals surface area contributed by atoms with Crippen LogP contribution in [0.4, 0.5) is 4.79 Å². The number of ether oxygens (including phenoxy) is 1. The second-order valence-corrected chi connectivity index (χ2v) is 7.22. The molecule has 2 fully saturated rings. The molecule has 1 heterocycles.